The summed E-state index contributed by atoms with van der Waals surface area (Å²) in [6.07, 6.45) is 9.66. The van der Waals surface area contributed by atoms with Crippen LogP contribution in [-0.2, 0) is 19.7 Å². The quantitative estimate of drug-likeness (QED) is 0.0229. The number of nitrogens with zero attached hydrogens (tertiary/aromatic N) is 2. The normalized spacial score (nSPS) is 11.4. The molecule has 7 N–H and O–H groups in total. The van der Waals surface area contributed by atoms with E-state index in [0.717, 1.165) is 22.3 Å². The summed E-state index contributed by atoms with van der Waals surface area (Å²) in [6, 6.07) is 37.2. The van der Waals surface area contributed by atoms with Gasteiger partial charge in [0, 0.05) is 36.0 Å². The molecule has 0 spiro atoms. The van der Waals surface area contributed by atoms with E-state index in [-0.39, 0.29) is 22.4 Å². The van der Waals surface area contributed by atoms with E-state index < -0.39 is 10.1 Å². The summed E-state index contributed by atoms with van der Waals surface area (Å²) in [4.78, 5) is 24.2. The lowest BCUT2D eigenvalue weighted by Crippen LogP contribution is -2.09. The number of hydrogen-bond donors (Lipinski definition) is 5. The van der Waals surface area contributed by atoms with Gasteiger partial charge in [0.1, 0.15) is 22.1 Å². The van der Waals surface area contributed by atoms with Crippen molar-refractivity contribution in [3.63, 3.8) is 0 Å². The van der Waals surface area contributed by atoms with E-state index in [1.165, 1.54) is 45.6 Å². The van der Waals surface area contributed by atoms with Crippen LogP contribution in [0.2, 0.25) is 0 Å². The van der Waals surface area contributed by atoms with E-state index >= 15 is 0 Å². The van der Waals surface area contributed by atoms with Gasteiger partial charge in [0.2, 0.25) is 11.8 Å². The Kier molecular flexibility index (Phi) is 16.1. The zero-order valence-corrected chi connectivity index (χ0v) is 35.7. The van der Waals surface area contributed by atoms with Crippen molar-refractivity contribution >= 4 is 80.4 Å². The van der Waals surface area contributed by atoms with E-state index in [1.54, 1.807) is 78.9 Å². The van der Waals surface area contributed by atoms with Crippen LogP contribution in [0.25, 0.3) is 24.3 Å². The van der Waals surface area contributed by atoms with Gasteiger partial charge in [0.15, 0.2) is 0 Å². The molecule has 6 aromatic carbocycles. The topological polar surface area (TPSA) is 217 Å². The molecule has 0 unspecified atom stereocenters. The van der Waals surface area contributed by atoms with Gasteiger partial charge in [-0.3, -0.25) is 14.1 Å². The number of nitrogens with one attached hydrogen (secondary N) is 2. The van der Waals surface area contributed by atoms with Gasteiger partial charge in [-0.1, -0.05) is 91.0 Å². The van der Waals surface area contributed by atoms with Gasteiger partial charge >= 0.3 is 0 Å². The molecule has 0 bridgehead atoms. The smallest absolute Gasteiger partial charge is 0.295 e. The van der Waals surface area contributed by atoms with Crippen LogP contribution in [0.1, 0.15) is 27.8 Å². The molecule has 0 heterocycles. The van der Waals surface area contributed by atoms with Gasteiger partial charge in [0.05, 0.1) is 49.8 Å². The van der Waals surface area contributed by atoms with Gasteiger partial charge in [-0.05, 0) is 77.2 Å². The van der Waals surface area contributed by atoms with Crippen LogP contribution in [0.5, 0.6) is 17.2 Å². The average Bonchev–Trinajstić information content (AvgIpc) is 3.28. The molecule has 0 aliphatic rings. The van der Waals surface area contributed by atoms with E-state index in [0.29, 0.717) is 51.2 Å². The molecule has 0 saturated heterocycles. The molecule has 0 radical (unpaired) electrons. The number of benzene rings is 6. The molecule has 6 aromatic rings. The lowest BCUT2D eigenvalue weighted by molar-refractivity contribution is -0.112. The van der Waals surface area contributed by atoms with Crippen LogP contribution in [0.4, 0.5) is 34.1 Å². The summed E-state index contributed by atoms with van der Waals surface area (Å²) in [6.45, 7) is 1.86. The van der Waals surface area contributed by atoms with Crippen molar-refractivity contribution in [3.8, 4) is 17.2 Å². The molecule has 0 fully saturated rings. The molecule has 0 aromatic heterocycles. The van der Waals surface area contributed by atoms with Gasteiger partial charge in [-0.25, -0.2) is 0 Å². The third kappa shape index (κ3) is 13.8. The summed E-state index contributed by atoms with van der Waals surface area (Å²) >= 11 is 0. The number of anilines is 4. The average molecular weight is 867 g/mol. The fourth-order valence-corrected chi connectivity index (χ4v) is 6.47. The summed E-state index contributed by atoms with van der Waals surface area (Å²) in [7, 11) is 0.111. The second kappa shape index (κ2) is 22.0. The first-order chi connectivity index (χ1) is 30.3. The Bertz CT molecular complexity index is 2770. The van der Waals surface area contributed by atoms with Crippen LogP contribution in [-0.4, -0.2) is 46.1 Å². The highest BCUT2D eigenvalue weighted by Gasteiger charge is 2.15. The largest absolute Gasteiger partial charge is 0.495 e. The van der Waals surface area contributed by atoms with E-state index in [4.69, 9.17) is 25.7 Å². The predicted molar refractivity (Wildman–Crippen MR) is 250 cm³/mol. The third-order valence-corrected chi connectivity index (χ3v) is 9.89. The molecule has 0 aliphatic heterocycles. The SMILES string of the molecule is COc1cc(N=Nc2ccc(/C=C/c3ccc(N)cc3S(=O)(=O)O)cc2)c(C)cc1NC(=O)/C=C/c1ccccc1.COc1cc(NC(=O)/C=C/c2ccccc2)c(OC)cc1N. The van der Waals surface area contributed by atoms with Crippen LogP contribution in [0.3, 0.4) is 0 Å². The lowest BCUT2D eigenvalue weighted by Gasteiger charge is -2.12. The first-order valence-corrected chi connectivity index (χ1v) is 20.6. The Hall–Kier alpha value is -8.01. The number of ether oxygens (including phenoxy) is 3. The maximum absolute atomic E-state index is 12.4. The first-order valence-electron chi connectivity index (χ1n) is 19.1. The van der Waals surface area contributed by atoms with Gasteiger partial charge in [0.25, 0.3) is 10.1 Å². The van der Waals surface area contributed by atoms with Crippen LogP contribution in [0, 0.1) is 6.92 Å². The Morgan fingerprint density at radius 2 is 1.13 bits per heavy atom. The summed E-state index contributed by atoms with van der Waals surface area (Å²) < 4.78 is 48.6. The van der Waals surface area contributed by atoms with E-state index in [1.807, 2.05) is 67.6 Å². The minimum absolute atomic E-state index is 0.229. The van der Waals surface area contributed by atoms with Crippen LogP contribution >= 0.6 is 0 Å². The molecule has 63 heavy (non-hydrogen) atoms. The second-order valence-corrected chi connectivity index (χ2v) is 14.9. The number of carbonyl (C=O) groups is 2. The zero-order valence-electron chi connectivity index (χ0n) is 34.9. The van der Waals surface area contributed by atoms with Crippen molar-refractivity contribution in [1.82, 2.24) is 0 Å². The van der Waals surface area contributed by atoms with Gasteiger partial charge in [-0.2, -0.15) is 18.6 Å². The number of hydrogen-bond acceptors (Lipinski definition) is 11. The molecule has 322 valence electrons. The molecule has 0 atom stereocenters. The Morgan fingerprint density at radius 1 is 0.603 bits per heavy atom. The molecular weight excluding hydrogens is 821 g/mol. The number of aryl methyl sites for hydroxylation is 1. The van der Waals surface area contributed by atoms with Crippen LogP contribution in [0.15, 0.2) is 155 Å². The Morgan fingerprint density at radius 3 is 1.67 bits per heavy atom. The Labute approximate surface area is 366 Å². The maximum Gasteiger partial charge on any atom is 0.295 e. The summed E-state index contributed by atoms with van der Waals surface area (Å²) in [5, 5.41) is 14.2. The second-order valence-electron chi connectivity index (χ2n) is 13.5. The van der Waals surface area contributed by atoms with Crippen molar-refractivity contribution in [3.05, 3.63) is 167 Å². The summed E-state index contributed by atoms with van der Waals surface area (Å²) in [5.41, 5.74) is 18.0. The molecule has 14 nitrogen and oxygen atoms in total. The number of nitrogen functional groups attached to an aromatic ring is 2. The van der Waals surface area contributed by atoms with Crippen molar-refractivity contribution in [2.24, 2.45) is 10.2 Å². The van der Waals surface area contributed by atoms with Crippen molar-refractivity contribution in [2.45, 2.75) is 11.8 Å². The summed E-state index contributed by atoms with van der Waals surface area (Å²) in [5.74, 6) is 0.830. The number of amides is 2. The number of nitrogens with two attached hydrogens (primary N) is 2. The third-order valence-electron chi connectivity index (χ3n) is 8.98. The lowest BCUT2D eigenvalue weighted by atomic mass is 10.1. The molecule has 0 aliphatic carbocycles. The highest BCUT2D eigenvalue weighted by atomic mass is 32.2. The predicted octanol–water partition coefficient (Wildman–Crippen LogP) is 10.0. The monoisotopic (exact) mass is 866 g/mol. The molecule has 6 rings (SSSR count). The fraction of sp³-hybridized carbons (Fsp3) is 0.0833. The number of azo groups is 1. The standard InChI is InChI=1S/C31H28N4O5S.C17H18N2O3/c1-21-18-28(33-31(36)17-11-22-6-4-3-5-7-22)29(40-2)20-27(21)35-34-26-15-9-23(10-16-26)8-12-24-13-14-25(32)19-30(24)41(37,38)39;1-21-15-11-14(16(22-2)10-13(15)18)19-17(20)9-8-12-6-4-3-5-7-12/h3-20H,32H2,1-2H3,(H,33,36)(H,37,38,39);3-11H,18H2,1-2H3,(H,19,20)/b12-8+,17-11+,35-34?;9-8+. The molecule has 15 heteroatoms. The van der Waals surface area contributed by atoms with Gasteiger partial charge in [-0.15, -0.1) is 0 Å². The van der Waals surface area contributed by atoms with E-state index in [9.17, 15) is 22.6 Å². The van der Waals surface area contributed by atoms with Gasteiger partial charge < -0.3 is 36.3 Å². The van der Waals surface area contributed by atoms with E-state index in [2.05, 4.69) is 20.9 Å². The van der Waals surface area contributed by atoms with Crippen LogP contribution < -0.4 is 36.3 Å². The molecule has 2 amide bonds. The minimum Gasteiger partial charge on any atom is -0.495 e. The van der Waals surface area contributed by atoms with Crippen molar-refractivity contribution in [1.29, 1.82) is 0 Å². The maximum atomic E-state index is 12.4. The molecule has 0 saturated carbocycles. The number of carbonyl (C=O) groups excluding carboxylic acids is 2. The zero-order chi connectivity index (χ0) is 45.4. The highest BCUT2D eigenvalue weighted by Crippen LogP contribution is 2.35. The fourth-order valence-electron chi connectivity index (χ4n) is 5.75. The molecular formula is C48H46N6O8S. The number of rotatable bonds is 14. The highest BCUT2D eigenvalue weighted by molar-refractivity contribution is 7.86. The van der Waals surface area contributed by atoms with Crippen molar-refractivity contribution in [2.75, 3.05) is 43.4 Å². The van der Waals surface area contributed by atoms with Crippen molar-refractivity contribution < 1.29 is 36.8 Å². The Balaban J connectivity index is 0.000000286. The minimum atomic E-state index is -4.42. The number of methoxy groups -OCH3 is 3. The first kappa shape index (κ1) is 46.1.